The van der Waals surface area contributed by atoms with Crippen molar-refractivity contribution in [2.24, 2.45) is 0 Å². The van der Waals surface area contributed by atoms with Crippen molar-refractivity contribution < 1.29 is 14.0 Å². The molecule has 1 N–H and O–H groups in total. The predicted molar refractivity (Wildman–Crippen MR) is 73.3 cm³/mol. The summed E-state index contributed by atoms with van der Waals surface area (Å²) in [5.41, 5.74) is -0.509. The van der Waals surface area contributed by atoms with Crippen LogP contribution in [0.1, 0.15) is 32.8 Å². The summed E-state index contributed by atoms with van der Waals surface area (Å²) >= 11 is 0. The number of carbonyl (C=O) groups excluding carboxylic acids is 2. The molecule has 2 amide bonds. The number of carbonyl (C=O) groups is 2. The summed E-state index contributed by atoms with van der Waals surface area (Å²) in [7, 11) is 0. The SMILES string of the molecule is CC1CC(=O)NC(C)(C)C(=O)N1Cc1ccccc1F. The number of nitrogens with zero attached hydrogens (tertiary/aromatic N) is 1. The molecule has 0 aromatic heterocycles. The third-order valence-corrected chi connectivity index (χ3v) is 3.56. The number of benzene rings is 1. The molecular weight excluding hydrogens is 259 g/mol. The Morgan fingerprint density at radius 2 is 2.00 bits per heavy atom. The van der Waals surface area contributed by atoms with Crippen LogP contribution in [-0.4, -0.2) is 28.3 Å². The van der Waals surface area contributed by atoms with Crippen molar-refractivity contribution in [1.82, 2.24) is 10.2 Å². The number of hydrogen-bond acceptors (Lipinski definition) is 2. The molecule has 1 unspecified atom stereocenters. The van der Waals surface area contributed by atoms with Gasteiger partial charge in [-0.1, -0.05) is 18.2 Å². The van der Waals surface area contributed by atoms with E-state index in [0.29, 0.717) is 5.56 Å². The number of amides is 2. The second-order valence-electron chi connectivity index (χ2n) is 5.75. The Morgan fingerprint density at radius 3 is 2.65 bits per heavy atom. The zero-order valence-electron chi connectivity index (χ0n) is 11.9. The lowest BCUT2D eigenvalue weighted by Gasteiger charge is -2.32. The molecule has 0 aliphatic carbocycles. The van der Waals surface area contributed by atoms with Gasteiger partial charge in [0.1, 0.15) is 11.4 Å². The fourth-order valence-corrected chi connectivity index (χ4v) is 2.43. The summed E-state index contributed by atoms with van der Waals surface area (Å²) in [6, 6.07) is 6.12. The topological polar surface area (TPSA) is 49.4 Å². The third-order valence-electron chi connectivity index (χ3n) is 3.56. The molecule has 5 heteroatoms. The fourth-order valence-electron chi connectivity index (χ4n) is 2.43. The van der Waals surface area contributed by atoms with Crippen molar-refractivity contribution in [2.75, 3.05) is 0 Å². The van der Waals surface area contributed by atoms with Gasteiger partial charge in [0.2, 0.25) is 11.8 Å². The number of hydrogen-bond donors (Lipinski definition) is 1. The van der Waals surface area contributed by atoms with Gasteiger partial charge in [-0.15, -0.1) is 0 Å². The van der Waals surface area contributed by atoms with Crippen LogP contribution in [0, 0.1) is 5.82 Å². The molecule has 0 spiro atoms. The Morgan fingerprint density at radius 1 is 1.35 bits per heavy atom. The van der Waals surface area contributed by atoms with Crippen molar-refractivity contribution in [3.63, 3.8) is 0 Å². The van der Waals surface area contributed by atoms with Gasteiger partial charge in [-0.25, -0.2) is 4.39 Å². The highest BCUT2D eigenvalue weighted by Crippen LogP contribution is 2.21. The summed E-state index contributed by atoms with van der Waals surface area (Å²) < 4.78 is 13.7. The molecular formula is C15H19FN2O2. The van der Waals surface area contributed by atoms with Gasteiger partial charge >= 0.3 is 0 Å². The van der Waals surface area contributed by atoms with Crippen molar-refractivity contribution in [3.05, 3.63) is 35.6 Å². The van der Waals surface area contributed by atoms with Gasteiger partial charge in [0.25, 0.3) is 0 Å². The van der Waals surface area contributed by atoms with Gasteiger partial charge in [0.15, 0.2) is 0 Å². The molecule has 0 saturated carbocycles. The molecule has 1 aromatic carbocycles. The number of halogens is 1. The highest BCUT2D eigenvalue weighted by Gasteiger charge is 2.39. The van der Waals surface area contributed by atoms with E-state index < -0.39 is 5.54 Å². The van der Waals surface area contributed by atoms with Crippen LogP contribution >= 0.6 is 0 Å². The van der Waals surface area contributed by atoms with E-state index in [9.17, 15) is 14.0 Å². The van der Waals surface area contributed by atoms with Crippen LogP contribution in [0.25, 0.3) is 0 Å². The van der Waals surface area contributed by atoms with Gasteiger partial charge < -0.3 is 10.2 Å². The van der Waals surface area contributed by atoms with E-state index in [1.807, 2.05) is 0 Å². The standard InChI is InChI=1S/C15H19FN2O2/c1-10-8-13(19)17-15(2,3)14(20)18(10)9-11-6-4-5-7-12(11)16/h4-7,10H,8-9H2,1-3H3,(H,17,19). The first-order valence-electron chi connectivity index (χ1n) is 6.67. The zero-order valence-corrected chi connectivity index (χ0v) is 11.9. The minimum Gasteiger partial charge on any atom is -0.342 e. The molecule has 2 rings (SSSR count). The van der Waals surface area contributed by atoms with Crippen LogP contribution in [0.2, 0.25) is 0 Å². The Kier molecular flexibility index (Phi) is 3.79. The molecule has 0 bridgehead atoms. The molecule has 1 saturated heterocycles. The average molecular weight is 278 g/mol. The van der Waals surface area contributed by atoms with Gasteiger partial charge in [0, 0.05) is 24.6 Å². The Hall–Kier alpha value is -1.91. The van der Waals surface area contributed by atoms with Crippen molar-refractivity contribution in [2.45, 2.75) is 45.3 Å². The monoisotopic (exact) mass is 278 g/mol. The molecule has 1 aromatic rings. The highest BCUT2D eigenvalue weighted by molar-refractivity contribution is 5.93. The maximum absolute atomic E-state index is 13.7. The molecule has 1 aliphatic heterocycles. The van der Waals surface area contributed by atoms with E-state index in [1.54, 1.807) is 43.9 Å². The normalized spacial score (nSPS) is 22.4. The largest absolute Gasteiger partial charge is 0.342 e. The molecule has 0 radical (unpaired) electrons. The minimum absolute atomic E-state index is 0.160. The van der Waals surface area contributed by atoms with E-state index in [0.717, 1.165) is 0 Å². The Labute approximate surface area is 118 Å². The van der Waals surface area contributed by atoms with Crippen LogP contribution in [0.15, 0.2) is 24.3 Å². The molecule has 20 heavy (non-hydrogen) atoms. The number of rotatable bonds is 2. The second kappa shape index (κ2) is 5.23. The van der Waals surface area contributed by atoms with Crippen LogP contribution < -0.4 is 5.32 Å². The summed E-state index contributed by atoms with van der Waals surface area (Å²) in [6.45, 7) is 5.31. The Balaban J connectivity index is 2.30. The lowest BCUT2D eigenvalue weighted by molar-refractivity contribution is -0.139. The number of nitrogens with one attached hydrogen (secondary N) is 1. The molecule has 1 heterocycles. The quantitative estimate of drug-likeness (QED) is 0.897. The first kappa shape index (κ1) is 14.5. The van der Waals surface area contributed by atoms with Crippen LogP contribution in [-0.2, 0) is 16.1 Å². The van der Waals surface area contributed by atoms with Crippen LogP contribution in [0.4, 0.5) is 4.39 Å². The van der Waals surface area contributed by atoms with E-state index in [1.165, 1.54) is 6.07 Å². The maximum Gasteiger partial charge on any atom is 0.248 e. The second-order valence-corrected chi connectivity index (χ2v) is 5.75. The zero-order chi connectivity index (χ0) is 14.9. The molecule has 4 nitrogen and oxygen atoms in total. The van der Waals surface area contributed by atoms with Gasteiger partial charge in [-0.2, -0.15) is 0 Å². The Bertz CT molecular complexity index is 542. The van der Waals surface area contributed by atoms with Gasteiger partial charge in [-0.05, 0) is 26.8 Å². The minimum atomic E-state index is -0.965. The first-order valence-corrected chi connectivity index (χ1v) is 6.67. The summed E-state index contributed by atoms with van der Waals surface area (Å²) in [4.78, 5) is 25.8. The van der Waals surface area contributed by atoms with Crippen LogP contribution in [0.3, 0.4) is 0 Å². The van der Waals surface area contributed by atoms with E-state index >= 15 is 0 Å². The van der Waals surface area contributed by atoms with Crippen molar-refractivity contribution >= 4 is 11.8 Å². The lowest BCUT2D eigenvalue weighted by atomic mass is 10.0. The van der Waals surface area contributed by atoms with Gasteiger partial charge in [0.05, 0.1) is 0 Å². The lowest BCUT2D eigenvalue weighted by Crippen LogP contribution is -2.53. The summed E-state index contributed by atoms with van der Waals surface area (Å²) in [5, 5.41) is 2.70. The molecule has 108 valence electrons. The van der Waals surface area contributed by atoms with Crippen molar-refractivity contribution in [3.8, 4) is 0 Å². The first-order chi connectivity index (χ1) is 9.31. The maximum atomic E-state index is 13.7. The van der Waals surface area contributed by atoms with Crippen LogP contribution in [0.5, 0.6) is 0 Å². The average Bonchev–Trinajstić information content (AvgIpc) is 2.41. The molecule has 1 fully saturated rings. The predicted octanol–water partition coefficient (Wildman–Crippen LogP) is 1.84. The van der Waals surface area contributed by atoms with Crippen molar-refractivity contribution in [1.29, 1.82) is 0 Å². The molecule has 1 atom stereocenters. The van der Waals surface area contributed by atoms with E-state index in [2.05, 4.69) is 5.32 Å². The fraction of sp³-hybridized carbons (Fsp3) is 0.467. The summed E-state index contributed by atoms with van der Waals surface area (Å²) in [6.07, 6.45) is 0.226. The van der Waals surface area contributed by atoms with E-state index in [-0.39, 0.29) is 36.6 Å². The third kappa shape index (κ3) is 2.81. The van der Waals surface area contributed by atoms with Gasteiger partial charge in [-0.3, -0.25) is 9.59 Å². The smallest absolute Gasteiger partial charge is 0.248 e. The highest BCUT2D eigenvalue weighted by atomic mass is 19.1. The van der Waals surface area contributed by atoms with E-state index in [4.69, 9.17) is 0 Å². The molecule has 1 aliphatic rings. The summed E-state index contributed by atoms with van der Waals surface area (Å²) in [5.74, 6) is -0.695.